The van der Waals surface area contributed by atoms with Crippen molar-refractivity contribution in [1.82, 2.24) is 9.80 Å². The third-order valence-corrected chi connectivity index (χ3v) is 12.6. The number of esters is 6. The highest BCUT2D eigenvalue weighted by Crippen LogP contribution is 2.17. The first-order valence-corrected chi connectivity index (χ1v) is 27.7. The first-order chi connectivity index (χ1) is 40.5. The first kappa shape index (κ1) is 65.5. The predicted molar refractivity (Wildman–Crippen MR) is 313 cm³/mol. The zero-order chi connectivity index (χ0) is 60.6. The maximum absolute atomic E-state index is 13.8. The summed E-state index contributed by atoms with van der Waals surface area (Å²) in [5.41, 5.74) is 2.40. The van der Waals surface area contributed by atoms with Crippen LogP contribution in [-0.4, -0.2) is 135 Å². The molecule has 6 rings (SSSR count). The second-order valence-corrected chi connectivity index (χ2v) is 19.6. The van der Waals surface area contributed by atoms with Crippen molar-refractivity contribution in [2.24, 2.45) is 0 Å². The van der Waals surface area contributed by atoms with E-state index in [1.807, 2.05) is 0 Å². The smallest absolute Gasteiger partial charge is 0.338 e. The number of carbonyl (C=O) groups excluding carboxylic acids is 8. The molecule has 0 aliphatic carbocycles. The van der Waals surface area contributed by atoms with E-state index in [1.165, 1.54) is 9.80 Å². The summed E-state index contributed by atoms with van der Waals surface area (Å²) in [6.45, 7) is 7.16. The quantitative estimate of drug-likeness (QED) is 0.0233. The molecule has 0 aromatic heterocycles. The lowest BCUT2D eigenvalue weighted by molar-refractivity contribution is -0.139. The molecule has 6 aromatic rings. The fourth-order valence-electron chi connectivity index (χ4n) is 8.29. The highest BCUT2D eigenvalue weighted by molar-refractivity contribution is 5.92. The molecule has 18 nitrogen and oxygen atoms in total. The van der Waals surface area contributed by atoms with E-state index >= 15 is 0 Å². The second kappa shape index (κ2) is 35.5. The van der Waals surface area contributed by atoms with Crippen molar-refractivity contribution in [2.75, 3.05) is 53.6 Å². The molecule has 0 aliphatic rings. The Morgan fingerprint density at radius 1 is 0.321 bits per heavy atom. The maximum atomic E-state index is 13.8. The Bertz CT molecular complexity index is 2670. The molecule has 0 N–H and O–H groups in total. The highest BCUT2D eigenvalue weighted by Gasteiger charge is 2.28. The highest BCUT2D eigenvalue weighted by atomic mass is 16.6. The van der Waals surface area contributed by atoms with E-state index in [-0.39, 0.29) is 51.0 Å². The summed E-state index contributed by atoms with van der Waals surface area (Å²) in [6, 6.07) is 47.4. The Balaban J connectivity index is 0.000000385. The number of ether oxygens (including phenoxy) is 8. The molecule has 6 aromatic carbocycles. The number of hydrogen-bond acceptors (Lipinski definition) is 16. The minimum Gasteiger partial charge on any atom is -0.497 e. The van der Waals surface area contributed by atoms with E-state index in [1.54, 1.807) is 212 Å². The van der Waals surface area contributed by atoms with Gasteiger partial charge < -0.3 is 47.7 Å². The van der Waals surface area contributed by atoms with Crippen LogP contribution in [0.25, 0.3) is 0 Å². The molecule has 0 spiro atoms. The van der Waals surface area contributed by atoms with Crippen molar-refractivity contribution in [2.45, 2.75) is 90.6 Å². The van der Waals surface area contributed by atoms with Crippen LogP contribution in [0.3, 0.4) is 0 Å². The molecular formula is C66H74N2O16. The van der Waals surface area contributed by atoms with Crippen molar-refractivity contribution in [3.8, 4) is 11.5 Å². The Morgan fingerprint density at radius 2 is 0.560 bits per heavy atom. The number of rotatable bonds is 30. The number of nitrogens with zero attached hydrogens (tertiary/aromatic N) is 2. The van der Waals surface area contributed by atoms with Gasteiger partial charge in [-0.05, 0) is 150 Å². The molecule has 0 aliphatic heterocycles. The third-order valence-electron chi connectivity index (χ3n) is 12.6. The summed E-state index contributed by atoms with van der Waals surface area (Å²) >= 11 is 0. The standard InChI is InChI=1S/C44H48N2O10.C22H26O6/c1-31(53-41(49)35-17-9-5-10-18-35)27-45(28-32(2)54-42(50)36-19-11-6-12-20-36)39(47)25-26-40(48)46(29-33(3)55-43(51)37-21-13-7-14-22-37)30-34(4)56-44(52)38-23-15-8-16-24-38;1-25-19-11-7-17(8-12-19)21(23)27-15-5-3-4-6-16-28-22(24)18-9-13-20(26-2)14-10-18/h5-24,31-34H,25-30H2,1-4H3;7-14H,3-6,15-16H2,1-2H3. The van der Waals surface area contributed by atoms with Gasteiger partial charge in [0.1, 0.15) is 35.9 Å². The molecule has 84 heavy (non-hydrogen) atoms. The van der Waals surface area contributed by atoms with Crippen LogP contribution in [-0.2, 0) is 38.0 Å². The van der Waals surface area contributed by atoms with Gasteiger partial charge in [0.25, 0.3) is 0 Å². The van der Waals surface area contributed by atoms with Crippen molar-refractivity contribution in [3.63, 3.8) is 0 Å². The SMILES string of the molecule is CC(CN(CC(C)OC(=O)c1ccccc1)C(=O)CCC(=O)N(CC(C)OC(=O)c1ccccc1)CC(C)OC(=O)c1ccccc1)OC(=O)c1ccccc1.COc1ccc(C(=O)OCCCCCCOC(=O)c2ccc(OC)cc2)cc1. The van der Waals surface area contributed by atoms with E-state index in [4.69, 9.17) is 37.9 Å². The molecule has 0 saturated heterocycles. The Labute approximate surface area is 490 Å². The lowest BCUT2D eigenvalue weighted by atomic mass is 10.2. The van der Waals surface area contributed by atoms with E-state index in [9.17, 15) is 38.4 Å². The van der Waals surface area contributed by atoms with Crippen LogP contribution in [0.1, 0.15) is 128 Å². The van der Waals surface area contributed by atoms with Gasteiger partial charge in [-0.25, -0.2) is 28.8 Å². The van der Waals surface area contributed by atoms with Gasteiger partial charge in [0.05, 0.1) is 87.0 Å². The predicted octanol–water partition coefficient (Wildman–Crippen LogP) is 10.7. The lowest BCUT2D eigenvalue weighted by Crippen LogP contribution is -2.45. The summed E-state index contributed by atoms with van der Waals surface area (Å²) in [5.74, 6) is -2.44. The van der Waals surface area contributed by atoms with Crippen molar-refractivity contribution < 1.29 is 76.3 Å². The van der Waals surface area contributed by atoms with Crippen LogP contribution in [0.2, 0.25) is 0 Å². The molecule has 2 amide bonds. The summed E-state index contributed by atoms with van der Waals surface area (Å²) < 4.78 is 43.1. The summed E-state index contributed by atoms with van der Waals surface area (Å²) in [5, 5.41) is 0. The third kappa shape index (κ3) is 23.3. The van der Waals surface area contributed by atoms with E-state index < -0.39 is 60.1 Å². The van der Waals surface area contributed by atoms with Crippen LogP contribution >= 0.6 is 0 Å². The van der Waals surface area contributed by atoms with E-state index in [2.05, 4.69) is 0 Å². The summed E-state index contributed by atoms with van der Waals surface area (Å²) in [7, 11) is 3.15. The van der Waals surface area contributed by atoms with Gasteiger partial charge in [-0.3, -0.25) is 9.59 Å². The van der Waals surface area contributed by atoms with Crippen molar-refractivity contribution in [1.29, 1.82) is 0 Å². The second-order valence-electron chi connectivity index (χ2n) is 19.6. The van der Waals surface area contributed by atoms with Gasteiger partial charge in [0, 0.05) is 12.8 Å². The zero-order valence-electron chi connectivity index (χ0n) is 48.4. The molecule has 0 fully saturated rings. The molecule has 18 heteroatoms. The van der Waals surface area contributed by atoms with Gasteiger partial charge in [0.2, 0.25) is 11.8 Å². The molecule has 0 bridgehead atoms. The van der Waals surface area contributed by atoms with Gasteiger partial charge >= 0.3 is 35.8 Å². The average molecular weight is 1150 g/mol. The Hall–Kier alpha value is -9.32. The Kier molecular flexibility index (Phi) is 27.7. The summed E-state index contributed by atoms with van der Waals surface area (Å²) in [4.78, 5) is 105. The summed E-state index contributed by atoms with van der Waals surface area (Å²) in [6.07, 6.45) is -0.164. The fourth-order valence-corrected chi connectivity index (χ4v) is 8.29. The Morgan fingerprint density at radius 3 is 0.798 bits per heavy atom. The topological polar surface area (TPSA) is 217 Å². The van der Waals surface area contributed by atoms with Crippen LogP contribution in [0.15, 0.2) is 170 Å². The average Bonchev–Trinajstić information content (AvgIpc) is 3.52. The number of hydrogen-bond donors (Lipinski definition) is 0. The van der Waals surface area contributed by atoms with Crippen molar-refractivity contribution >= 4 is 47.6 Å². The van der Waals surface area contributed by atoms with E-state index in [0.29, 0.717) is 58.1 Å². The van der Waals surface area contributed by atoms with Crippen LogP contribution in [0.5, 0.6) is 11.5 Å². The maximum Gasteiger partial charge on any atom is 0.338 e. The minimum absolute atomic E-state index is 0.0402. The molecular weight excluding hydrogens is 1080 g/mol. The number of amides is 2. The fraction of sp³-hybridized carbons (Fsp3) is 0.333. The lowest BCUT2D eigenvalue weighted by Gasteiger charge is -2.30. The number of carbonyl (C=O) groups is 8. The van der Waals surface area contributed by atoms with Gasteiger partial charge in [0.15, 0.2) is 0 Å². The minimum atomic E-state index is -0.754. The number of benzene rings is 6. The number of unbranched alkanes of at least 4 members (excludes halogenated alkanes) is 3. The zero-order valence-corrected chi connectivity index (χ0v) is 48.4. The van der Waals surface area contributed by atoms with Crippen LogP contribution < -0.4 is 9.47 Å². The monoisotopic (exact) mass is 1150 g/mol. The normalized spacial score (nSPS) is 12.0. The van der Waals surface area contributed by atoms with Crippen LogP contribution in [0, 0.1) is 0 Å². The molecule has 444 valence electrons. The molecule has 4 atom stereocenters. The number of methoxy groups -OCH3 is 2. The van der Waals surface area contributed by atoms with Crippen molar-refractivity contribution in [3.05, 3.63) is 203 Å². The first-order valence-electron chi connectivity index (χ1n) is 27.7. The van der Waals surface area contributed by atoms with E-state index in [0.717, 1.165) is 25.7 Å². The van der Waals surface area contributed by atoms with Gasteiger partial charge in [-0.15, -0.1) is 0 Å². The molecule has 0 radical (unpaired) electrons. The molecule has 0 heterocycles. The van der Waals surface area contributed by atoms with Crippen LogP contribution in [0.4, 0.5) is 0 Å². The molecule has 0 saturated carbocycles. The largest absolute Gasteiger partial charge is 0.497 e. The van der Waals surface area contributed by atoms with Gasteiger partial charge in [-0.1, -0.05) is 72.8 Å². The van der Waals surface area contributed by atoms with Gasteiger partial charge in [-0.2, -0.15) is 0 Å². The molecule has 4 unspecified atom stereocenters.